The number of methoxy groups -OCH3 is 1. The van der Waals surface area contributed by atoms with Crippen molar-refractivity contribution in [3.63, 3.8) is 0 Å². The van der Waals surface area contributed by atoms with E-state index in [1.165, 1.54) is 28.8 Å². The minimum absolute atomic E-state index is 0.254. The maximum Gasteiger partial charge on any atom is 0.199 e. The standard InChI is InChI=1S/C26H30FNO3/c1-19-13-16-28(25(20(19)2)17-21-5-11-24(29-3)12-6-21)15-4-14-26(30-18-31-26)22-7-9-23(27)10-8-22/h5-13,16,25H,4,14-15,17-18H2,1-3H3. The van der Waals surface area contributed by atoms with Crippen molar-refractivity contribution in [3.05, 3.63) is 88.9 Å². The molecule has 2 aromatic rings. The molecule has 164 valence electrons. The Balaban J connectivity index is 1.42. The minimum atomic E-state index is -0.751. The van der Waals surface area contributed by atoms with Gasteiger partial charge in [-0.2, -0.15) is 0 Å². The molecule has 1 fully saturated rings. The first-order valence-electron chi connectivity index (χ1n) is 10.8. The van der Waals surface area contributed by atoms with Crippen molar-refractivity contribution in [1.82, 2.24) is 4.90 Å². The number of nitrogens with zero attached hydrogens (tertiary/aromatic N) is 1. The van der Waals surface area contributed by atoms with Gasteiger partial charge < -0.3 is 19.1 Å². The van der Waals surface area contributed by atoms with Crippen LogP contribution >= 0.6 is 0 Å². The molecule has 4 rings (SSSR count). The maximum absolute atomic E-state index is 13.3. The zero-order chi connectivity index (χ0) is 21.8. The Morgan fingerprint density at radius 2 is 1.77 bits per heavy atom. The molecule has 1 unspecified atom stereocenters. The summed E-state index contributed by atoms with van der Waals surface area (Å²) in [6.07, 6.45) is 6.94. The molecule has 0 N–H and O–H groups in total. The number of halogens is 1. The van der Waals surface area contributed by atoms with Gasteiger partial charge in [-0.25, -0.2) is 4.39 Å². The van der Waals surface area contributed by atoms with E-state index in [0.717, 1.165) is 37.1 Å². The van der Waals surface area contributed by atoms with Gasteiger partial charge in [0, 0.05) is 18.5 Å². The summed E-state index contributed by atoms with van der Waals surface area (Å²) in [5.41, 5.74) is 4.87. The molecule has 2 heterocycles. The largest absolute Gasteiger partial charge is 0.497 e. The predicted octanol–water partition coefficient (Wildman–Crippen LogP) is 5.55. The van der Waals surface area contributed by atoms with Crippen LogP contribution in [0.1, 0.15) is 37.8 Å². The van der Waals surface area contributed by atoms with Crippen LogP contribution in [0.5, 0.6) is 5.75 Å². The van der Waals surface area contributed by atoms with Gasteiger partial charge in [0.05, 0.1) is 13.2 Å². The Morgan fingerprint density at radius 1 is 1.06 bits per heavy atom. The van der Waals surface area contributed by atoms with Crippen molar-refractivity contribution in [2.24, 2.45) is 0 Å². The number of ether oxygens (including phenoxy) is 3. The van der Waals surface area contributed by atoms with E-state index >= 15 is 0 Å². The molecule has 1 atom stereocenters. The average Bonchev–Trinajstić information content (AvgIpc) is 2.76. The zero-order valence-electron chi connectivity index (χ0n) is 18.4. The molecule has 2 aliphatic rings. The van der Waals surface area contributed by atoms with Crippen LogP contribution in [-0.4, -0.2) is 31.4 Å². The molecule has 0 aliphatic carbocycles. The Hall–Kier alpha value is -2.63. The monoisotopic (exact) mass is 423 g/mol. The summed E-state index contributed by atoms with van der Waals surface area (Å²) in [4.78, 5) is 2.41. The Morgan fingerprint density at radius 3 is 2.39 bits per heavy atom. The zero-order valence-corrected chi connectivity index (χ0v) is 18.4. The molecule has 5 heteroatoms. The minimum Gasteiger partial charge on any atom is -0.497 e. The van der Waals surface area contributed by atoms with Gasteiger partial charge in [-0.05, 0) is 79.9 Å². The fourth-order valence-corrected chi connectivity index (χ4v) is 4.29. The first-order chi connectivity index (χ1) is 15.0. The molecule has 1 saturated heterocycles. The summed E-state index contributed by atoms with van der Waals surface area (Å²) in [7, 11) is 1.69. The molecule has 0 spiro atoms. The van der Waals surface area contributed by atoms with Gasteiger partial charge in [0.25, 0.3) is 0 Å². The maximum atomic E-state index is 13.3. The third-order valence-electron chi connectivity index (χ3n) is 6.42. The fraction of sp³-hybridized carbons (Fsp3) is 0.385. The molecular weight excluding hydrogens is 393 g/mol. The van der Waals surface area contributed by atoms with Gasteiger partial charge in [-0.15, -0.1) is 0 Å². The molecule has 2 aromatic carbocycles. The average molecular weight is 424 g/mol. The summed E-state index contributed by atoms with van der Waals surface area (Å²) in [6.45, 7) is 5.56. The van der Waals surface area contributed by atoms with Gasteiger partial charge in [-0.3, -0.25) is 0 Å². The number of hydrogen-bond acceptors (Lipinski definition) is 4. The summed E-state index contributed by atoms with van der Waals surface area (Å²) in [5.74, 6) is -0.130. The van der Waals surface area contributed by atoms with E-state index in [2.05, 4.69) is 43.2 Å². The van der Waals surface area contributed by atoms with Crippen LogP contribution in [0.3, 0.4) is 0 Å². The third kappa shape index (κ3) is 4.68. The smallest absolute Gasteiger partial charge is 0.199 e. The van der Waals surface area contributed by atoms with Crippen LogP contribution < -0.4 is 4.74 Å². The summed E-state index contributed by atoms with van der Waals surface area (Å²) < 4.78 is 30.2. The Bertz CT molecular complexity index is 946. The van der Waals surface area contributed by atoms with E-state index in [0.29, 0.717) is 6.04 Å². The Labute approximate surface area is 183 Å². The van der Waals surface area contributed by atoms with E-state index < -0.39 is 5.79 Å². The van der Waals surface area contributed by atoms with Gasteiger partial charge in [0.1, 0.15) is 11.6 Å². The molecule has 0 amide bonds. The van der Waals surface area contributed by atoms with E-state index in [-0.39, 0.29) is 12.6 Å². The highest BCUT2D eigenvalue weighted by molar-refractivity contribution is 5.34. The van der Waals surface area contributed by atoms with Crippen LogP contribution in [0.25, 0.3) is 0 Å². The molecular formula is C26H30FNO3. The highest BCUT2D eigenvalue weighted by Gasteiger charge is 2.41. The van der Waals surface area contributed by atoms with E-state index in [9.17, 15) is 4.39 Å². The quantitative estimate of drug-likeness (QED) is 0.557. The van der Waals surface area contributed by atoms with Crippen LogP contribution in [0.2, 0.25) is 0 Å². The lowest BCUT2D eigenvalue weighted by Crippen LogP contribution is -2.45. The van der Waals surface area contributed by atoms with Crippen molar-refractivity contribution < 1.29 is 18.6 Å². The van der Waals surface area contributed by atoms with Crippen molar-refractivity contribution in [1.29, 1.82) is 0 Å². The topological polar surface area (TPSA) is 30.9 Å². The lowest BCUT2D eigenvalue weighted by Gasteiger charge is -2.43. The summed E-state index contributed by atoms with van der Waals surface area (Å²) in [6, 6.07) is 15.0. The van der Waals surface area contributed by atoms with Gasteiger partial charge in [0.2, 0.25) is 0 Å². The van der Waals surface area contributed by atoms with Gasteiger partial charge >= 0.3 is 0 Å². The first kappa shape index (κ1) is 21.6. The van der Waals surface area contributed by atoms with Crippen molar-refractivity contribution in [2.75, 3.05) is 20.4 Å². The molecule has 0 saturated carbocycles. The van der Waals surface area contributed by atoms with Crippen molar-refractivity contribution in [2.45, 2.75) is 44.9 Å². The van der Waals surface area contributed by atoms with Crippen LogP contribution in [0.15, 0.2) is 72.0 Å². The Kier molecular flexibility index (Phi) is 6.44. The van der Waals surface area contributed by atoms with Crippen LogP contribution in [0.4, 0.5) is 4.39 Å². The van der Waals surface area contributed by atoms with Crippen LogP contribution in [0, 0.1) is 5.82 Å². The second-order valence-electron chi connectivity index (χ2n) is 8.26. The number of benzene rings is 2. The first-order valence-corrected chi connectivity index (χ1v) is 10.8. The molecule has 0 bridgehead atoms. The molecule has 0 radical (unpaired) electrons. The number of allylic oxidation sites excluding steroid dienone is 2. The lowest BCUT2D eigenvalue weighted by atomic mass is 9.92. The second-order valence-corrected chi connectivity index (χ2v) is 8.26. The van der Waals surface area contributed by atoms with Gasteiger partial charge in [0.15, 0.2) is 12.6 Å². The number of hydrogen-bond donors (Lipinski definition) is 0. The van der Waals surface area contributed by atoms with Gasteiger partial charge in [-0.1, -0.05) is 24.3 Å². The fourth-order valence-electron chi connectivity index (χ4n) is 4.29. The van der Waals surface area contributed by atoms with Crippen molar-refractivity contribution in [3.8, 4) is 5.75 Å². The second kappa shape index (κ2) is 9.25. The molecule has 0 aromatic heterocycles. The van der Waals surface area contributed by atoms with Crippen LogP contribution in [-0.2, 0) is 21.7 Å². The normalized spacial score (nSPS) is 20.0. The third-order valence-corrected chi connectivity index (χ3v) is 6.42. The predicted molar refractivity (Wildman–Crippen MR) is 119 cm³/mol. The lowest BCUT2D eigenvalue weighted by molar-refractivity contribution is -0.411. The molecule has 4 nitrogen and oxygen atoms in total. The SMILES string of the molecule is COc1ccc(CC2C(C)=C(C)C=CN2CCCC2(c3ccc(F)cc3)OCO2)cc1. The highest BCUT2D eigenvalue weighted by Crippen LogP contribution is 2.39. The summed E-state index contributed by atoms with van der Waals surface area (Å²) >= 11 is 0. The highest BCUT2D eigenvalue weighted by atomic mass is 19.1. The molecule has 2 aliphatic heterocycles. The van der Waals surface area contributed by atoms with E-state index in [4.69, 9.17) is 14.2 Å². The molecule has 31 heavy (non-hydrogen) atoms. The van der Waals surface area contributed by atoms with E-state index in [1.54, 1.807) is 19.2 Å². The number of rotatable bonds is 8. The van der Waals surface area contributed by atoms with Crippen molar-refractivity contribution >= 4 is 0 Å². The van der Waals surface area contributed by atoms with E-state index in [1.807, 2.05) is 12.1 Å². The summed E-state index contributed by atoms with van der Waals surface area (Å²) in [5, 5.41) is 0.